The van der Waals surface area contributed by atoms with Crippen LogP contribution in [0.3, 0.4) is 0 Å². The highest BCUT2D eigenvalue weighted by atomic mass is 16.5. The zero-order chi connectivity index (χ0) is 20.8. The zero-order valence-electron chi connectivity index (χ0n) is 16.5. The molecule has 0 spiro atoms. The molecule has 4 rings (SSSR count). The Hall–Kier alpha value is -4.00. The number of hydrogen-bond acceptors (Lipinski definition) is 5. The zero-order valence-corrected chi connectivity index (χ0v) is 16.5. The van der Waals surface area contributed by atoms with Gasteiger partial charge in [0.2, 0.25) is 0 Å². The molecule has 1 N–H and O–H groups in total. The Balaban J connectivity index is 1.37. The molecule has 0 fully saturated rings. The summed E-state index contributed by atoms with van der Waals surface area (Å²) in [6, 6.07) is 17.1. The van der Waals surface area contributed by atoms with Gasteiger partial charge in [-0.15, -0.1) is 0 Å². The number of nitrogens with zero attached hydrogens (tertiary/aromatic N) is 4. The average molecular weight is 399 g/mol. The molecular weight excluding hydrogens is 378 g/mol. The second-order valence-corrected chi connectivity index (χ2v) is 6.74. The normalized spacial score (nSPS) is 10.6. The third kappa shape index (κ3) is 4.70. The van der Waals surface area contributed by atoms with Gasteiger partial charge in [0.1, 0.15) is 12.1 Å². The number of benzene rings is 2. The van der Waals surface area contributed by atoms with Crippen LogP contribution in [-0.4, -0.2) is 32.5 Å². The van der Waals surface area contributed by atoms with E-state index in [9.17, 15) is 4.79 Å². The van der Waals surface area contributed by atoms with Crippen molar-refractivity contribution in [2.45, 2.75) is 13.1 Å². The van der Waals surface area contributed by atoms with Crippen molar-refractivity contribution in [1.29, 1.82) is 0 Å². The summed E-state index contributed by atoms with van der Waals surface area (Å²) in [7, 11) is 1.63. The van der Waals surface area contributed by atoms with Crippen LogP contribution in [0.15, 0.2) is 79.6 Å². The van der Waals surface area contributed by atoms with Gasteiger partial charge in [-0.25, -0.2) is 15.0 Å². The first-order valence-electron chi connectivity index (χ1n) is 9.49. The van der Waals surface area contributed by atoms with Gasteiger partial charge < -0.3 is 14.6 Å². The van der Waals surface area contributed by atoms with Crippen molar-refractivity contribution in [3.63, 3.8) is 0 Å². The van der Waals surface area contributed by atoms with Gasteiger partial charge in [-0.3, -0.25) is 4.79 Å². The summed E-state index contributed by atoms with van der Waals surface area (Å²) in [5.74, 6) is 0.644. The van der Waals surface area contributed by atoms with Crippen molar-refractivity contribution in [3.05, 3.63) is 96.5 Å². The maximum absolute atomic E-state index is 12.5. The summed E-state index contributed by atoms with van der Waals surface area (Å²) in [5, 5.41) is 2.91. The lowest BCUT2D eigenvalue weighted by atomic mass is 10.1. The Morgan fingerprint density at radius 1 is 1.07 bits per heavy atom. The van der Waals surface area contributed by atoms with Gasteiger partial charge in [0.15, 0.2) is 0 Å². The van der Waals surface area contributed by atoms with Gasteiger partial charge in [-0.1, -0.05) is 12.1 Å². The first-order chi connectivity index (χ1) is 14.7. The number of rotatable bonds is 7. The van der Waals surface area contributed by atoms with Gasteiger partial charge in [0.05, 0.1) is 31.4 Å². The molecule has 0 aliphatic rings. The standard InChI is InChI=1S/C23H21N5O2/c1-30-21-8-6-18(7-9-21)22-12-20(26-15-27-22)13-25-23(29)19-4-2-17(3-5-19)14-28-11-10-24-16-28/h2-12,15-16H,13-14H2,1H3,(H,25,29). The SMILES string of the molecule is COc1ccc(-c2cc(CNC(=O)c3ccc(Cn4ccnc4)cc3)ncn2)cc1. The van der Waals surface area contributed by atoms with E-state index >= 15 is 0 Å². The van der Waals surface area contributed by atoms with E-state index in [1.165, 1.54) is 6.33 Å². The average Bonchev–Trinajstić information content (AvgIpc) is 3.31. The minimum absolute atomic E-state index is 0.145. The Kier molecular flexibility index (Phi) is 5.80. The third-order valence-electron chi connectivity index (χ3n) is 4.68. The maximum Gasteiger partial charge on any atom is 0.251 e. The van der Waals surface area contributed by atoms with Crippen LogP contribution >= 0.6 is 0 Å². The molecule has 0 saturated carbocycles. The third-order valence-corrected chi connectivity index (χ3v) is 4.68. The van der Waals surface area contributed by atoms with Crippen LogP contribution in [-0.2, 0) is 13.1 Å². The number of hydrogen-bond donors (Lipinski definition) is 1. The Bertz CT molecular complexity index is 1110. The van der Waals surface area contributed by atoms with Gasteiger partial charge in [-0.2, -0.15) is 0 Å². The lowest BCUT2D eigenvalue weighted by Crippen LogP contribution is -2.23. The van der Waals surface area contributed by atoms with Crippen molar-refractivity contribution >= 4 is 5.91 Å². The lowest BCUT2D eigenvalue weighted by molar-refractivity contribution is 0.0950. The molecule has 0 unspecified atom stereocenters. The highest BCUT2D eigenvalue weighted by Gasteiger charge is 2.08. The van der Waals surface area contributed by atoms with E-state index in [1.807, 2.05) is 65.4 Å². The van der Waals surface area contributed by atoms with E-state index in [0.29, 0.717) is 12.1 Å². The van der Waals surface area contributed by atoms with E-state index < -0.39 is 0 Å². The summed E-state index contributed by atoms with van der Waals surface area (Å²) in [6.07, 6.45) is 6.92. The molecule has 0 aliphatic heterocycles. The van der Waals surface area contributed by atoms with Crippen LogP contribution in [0, 0.1) is 0 Å². The number of carbonyl (C=O) groups excluding carboxylic acids is 1. The van der Waals surface area contributed by atoms with Crippen molar-refractivity contribution < 1.29 is 9.53 Å². The van der Waals surface area contributed by atoms with Crippen molar-refractivity contribution in [2.24, 2.45) is 0 Å². The lowest BCUT2D eigenvalue weighted by Gasteiger charge is -2.08. The Morgan fingerprint density at radius 3 is 2.57 bits per heavy atom. The first-order valence-corrected chi connectivity index (χ1v) is 9.49. The fourth-order valence-corrected chi connectivity index (χ4v) is 3.04. The van der Waals surface area contributed by atoms with Gasteiger partial charge in [-0.05, 0) is 48.0 Å². The quantitative estimate of drug-likeness (QED) is 0.516. The number of amides is 1. The van der Waals surface area contributed by atoms with Gasteiger partial charge >= 0.3 is 0 Å². The smallest absolute Gasteiger partial charge is 0.251 e. The summed E-state index contributed by atoms with van der Waals surface area (Å²) in [6.45, 7) is 1.04. The van der Waals surface area contributed by atoms with Crippen LogP contribution < -0.4 is 10.1 Å². The van der Waals surface area contributed by atoms with E-state index in [1.54, 1.807) is 19.6 Å². The topological polar surface area (TPSA) is 81.9 Å². The largest absolute Gasteiger partial charge is 0.497 e. The van der Waals surface area contributed by atoms with Crippen molar-refractivity contribution in [3.8, 4) is 17.0 Å². The second-order valence-electron chi connectivity index (χ2n) is 6.74. The van der Waals surface area contributed by atoms with Gasteiger partial charge in [0, 0.05) is 30.1 Å². The molecule has 0 radical (unpaired) electrons. The fourth-order valence-electron chi connectivity index (χ4n) is 3.04. The molecule has 0 atom stereocenters. The molecule has 0 aliphatic carbocycles. The molecule has 7 nitrogen and oxygen atoms in total. The number of aromatic nitrogens is 4. The molecule has 4 aromatic rings. The Morgan fingerprint density at radius 2 is 1.87 bits per heavy atom. The molecule has 1 amide bonds. The maximum atomic E-state index is 12.5. The Labute approximate surface area is 174 Å². The van der Waals surface area contributed by atoms with E-state index in [2.05, 4.69) is 20.3 Å². The molecule has 7 heteroatoms. The number of methoxy groups -OCH3 is 1. The highest BCUT2D eigenvalue weighted by molar-refractivity contribution is 5.94. The molecule has 150 valence electrons. The van der Waals surface area contributed by atoms with E-state index in [4.69, 9.17) is 4.74 Å². The van der Waals surface area contributed by atoms with E-state index in [-0.39, 0.29) is 5.91 Å². The summed E-state index contributed by atoms with van der Waals surface area (Å²) < 4.78 is 7.16. The number of nitrogens with one attached hydrogen (secondary N) is 1. The number of ether oxygens (including phenoxy) is 1. The molecule has 2 aromatic heterocycles. The summed E-state index contributed by atoms with van der Waals surface area (Å²) >= 11 is 0. The number of imidazole rings is 1. The molecule has 0 bridgehead atoms. The van der Waals surface area contributed by atoms with Crippen LogP contribution in [0.2, 0.25) is 0 Å². The highest BCUT2D eigenvalue weighted by Crippen LogP contribution is 2.20. The monoisotopic (exact) mass is 399 g/mol. The minimum Gasteiger partial charge on any atom is -0.497 e. The van der Waals surface area contributed by atoms with Crippen LogP contribution in [0.1, 0.15) is 21.6 Å². The van der Waals surface area contributed by atoms with E-state index in [0.717, 1.165) is 34.8 Å². The molecule has 30 heavy (non-hydrogen) atoms. The molecule has 2 heterocycles. The number of carbonyl (C=O) groups is 1. The summed E-state index contributed by atoms with van der Waals surface area (Å²) in [5.41, 5.74) is 4.19. The molecule has 2 aromatic carbocycles. The van der Waals surface area contributed by atoms with Crippen molar-refractivity contribution in [1.82, 2.24) is 24.8 Å². The molecular formula is C23H21N5O2. The van der Waals surface area contributed by atoms with Crippen LogP contribution in [0.5, 0.6) is 5.75 Å². The van der Waals surface area contributed by atoms with Crippen LogP contribution in [0.25, 0.3) is 11.3 Å². The minimum atomic E-state index is -0.145. The predicted molar refractivity (Wildman–Crippen MR) is 113 cm³/mol. The second kappa shape index (κ2) is 9.00. The van der Waals surface area contributed by atoms with Gasteiger partial charge in [0.25, 0.3) is 5.91 Å². The molecule has 0 saturated heterocycles. The summed E-state index contributed by atoms with van der Waals surface area (Å²) in [4.78, 5) is 25.1. The van der Waals surface area contributed by atoms with Crippen LogP contribution in [0.4, 0.5) is 0 Å². The van der Waals surface area contributed by atoms with Crippen molar-refractivity contribution in [2.75, 3.05) is 7.11 Å². The fraction of sp³-hybridized carbons (Fsp3) is 0.130. The first kappa shape index (κ1) is 19.3. The predicted octanol–water partition coefficient (Wildman–Crippen LogP) is 3.33.